The Balaban J connectivity index is 2.74. The van der Waals surface area contributed by atoms with Crippen molar-refractivity contribution in [3.05, 3.63) is 28.2 Å². The number of pyridine rings is 1. The molecule has 0 bridgehead atoms. The van der Waals surface area contributed by atoms with Gasteiger partial charge in [0.25, 0.3) is 0 Å². The van der Waals surface area contributed by atoms with Gasteiger partial charge >= 0.3 is 5.97 Å². The molecule has 1 heterocycles. The van der Waals surface area contributed by atoms with E-state index in [1.807, 2.05) is 0 Å². The Hall–Kier alpha value is -1.78. The van der Waals surface area contributed by atoms with Crippen molar-refractivity contribution in [2.45, 2.75) is 13.5 Å². The van der Waals surface area contributed by atoms with Crippen molar-refractivity contribution in [3.63, 3.8) is 0 Å². The molecular weight excluding hydrogens is 174 g/mol. The van der Waals surface area contributed by atoms with Crippen molar-refractivity contribution >= 4 is 5.97 Å². The van der Waals surface area contributed by atoms with Crippen molar-refractivity contribution in [2.75, 3.05) is 0 Å². The number of H-pyrrole nitrogens is 1. The fraction of sp³-hybridized carbons (Fsp3) is 0.250. The molecule has 1 aromatic rings. The Labute approximate surface area is 74.0 Å². The summed E-state index contributed by atoms with van der Waals surface area (Å²) in [5.74, 6) is -0.777. The van der Waals surface area contributed by atoms with E-state index in [-0.39, 0.29) is 12.4 Å². The number of hydrogen-bond acceptors (Lipinski definition) is 4. The zero-order valence-corrected chi connectivity index (χ0v) is 7.03. The molecule has 5 nitrogen and oxygen atoms in total. The zero-order valence-electron chi connectivity index (χ0n) is 7.03. The van der Waals surface area contributed by atoms with E-state index in [9.17, 15) is 9.59 Å². The molecule has 1 aromatic heterocycles. The molecule has 0 radical (unpaired) electrons. The fourth-order valence-corrected chi connectivity index (χ4v) is 0.769. The summed E-state index contributed by atoms with van der Waals surface area (Å²) in [7, 11) is 0. The molecule has 0 unspecified atom stereocenters. The molecular formula is C8H9NO4. The van der Waals surface area contributed by atoms with Gasteiger partial charge in [0.2, 0.25) is 5.43 Å². The van der Waals surface area contributed by atoms with Gasteiger partial charge in [-0.05, 0) is 0 Å². The molecule has 0 amide bonds. The van der Waals surface area contributed by atoms with E-state index in [4.69, 9.17) is 5.11 Å². The second-order valence-corrected chi connectivity index (χ2v) is 2.49. The third-order valence-electron chi connectivity index (χ3n) is 1.38. The summed E-state index contributed by atoms with van der Waals surface area (Å²) in [6.07, 6.45) is 1.15. The normalized spacial score (nSPS) is 9.62. The maximum absolute atomic E-state index is 10.9. The lowest BCUT2D eigenvalue weighted by atomic mass is 10.3. The fourth-order valence-electron chi connectivity index (χ4n) is 0.769. The van der Waals surface area contributed by atoms with E-state index in [0.29, 0.717) is 5.69 Å². The third kappa shape index (κ3) is 2.62. The number of carbonyl (C=O) groups is 1. The molecule has 0 aromatic carbocycles. The van der Waals surface area contributed by atoms with E-state index < -0.39 is 11.4 Å². The molecule has 0 saturated carbocycles. The number of rotatable bonds is 2. The van der Waals surface area contributed by atoms with Crippen LogP contribution in [0.1, 0.15) is 12.6 Å². The second-order valence-electron chi connectivity index (χ2n) is 2.49. The van der Waals surface area contributed by atoms with Crippen molar-refractivity contribution in [1.29, 1.82) is 0 Å². The Morgan fingerprint density at radius 3 is 2.92 bits per heavy atom. The average Bonchev–Trinajstić information content (AvgIpc) is 2.07. The average molecular weight is 183 g/mol. The Morgan fingerprint density at radius 1 is 1.69 bits per heavy atom. The van der Waals surface area contributed by atoms with Gasteiger partial charge in [0, 0.05) is 19.2 Å². The standard InChI is InChI=1S/C8H9NO4/c1-5(10)13-4-6-2-7(11)8(12)3-9-6/h2-3,12H,4H2,1H3,(H,9,11). The first-order valence-electron chi connectivity index (χ1n) is 3.63. The van der Waals surface area contributed by atoms with E-state index in [1.54, 1.807) is 0 Å². The minimum absolute atomic E-state index is 0.00481. The van der Waals surface area contributed by atoms with Crippen LogP contribution in [-0.4, -0.2) is 16.1 Å². The molecule has 0 aliphatic carbocycles. The van der Waals surface area contributed by atoms with Crippen LogP contribution in [-0.2, 0) is 16.1 Å². The Bertz CT molecular complexity index is 369. The minimum atomic E-state index is -0.499. The number of carbonyl (C=O) groups excluding carboxylic acids is 1. The van der Waals surface area contributed by atoms with Crippen LogP contribution in [0.3, 0.4) is 0 Å². The highest BCUT2D eigenvalue weighted by Gasteiger charge is 2.00. The summed E-state index contributed by atoms with van der Waals surface area (Å²) < 4.78 is 4.63. The zero-order chi connectivity index (χ0) is 9.84. The summed E-state index contributed by atoms with van der Waals surface area (Å²) in [6, 6.07) is 1.18. The van der Waals surface area contributed by atoms with Gasteiger partial charge in [-0.3, -0.25) is 9.59 Å². The largest absolute Gasteiger partial charge is 0.503 e. The number of ether oxygens (including phenoxy) is 1. The molecule has 0 atom stereocenters. The lowest BCUT2D eigenvalue weighted by Gasteiger charge is -2.01. The van der Waals surface area contributed by atoms with Crippen molar-refractivity contribution in [2.24, 2.45) is 0 Å². The number of hydrogen-bond donors (Lipinski definition) is 2. The Morgan fingerprint density at radius 2 is 2.38 bits per heavy atom. The molecule has 1 rings (SSSR count). The summed E-state index contributed by atoms with van der Waals surface area (Å²) >= 11 is 0. The van der Waals surface area contributed by atoms with Crippen LogP contribution in [0.4, 0.5) is 0 Å². The van der Waals surface area contributed by atoms with Crippen LogP contribution in [0.2, 0.25) is 0 Å². The van der Waals surface area contributed by atoms with Gasteiger partial charge in [0.1, 0.15) is 6.61 Å². The maximum Gasteiger partial charge on any atom is 0.303 e. The van der Waals surface area contributed by atoms with Crippen LogP contribution in [0.5, 0.6) is 5.75 Å². The predicted octanol–water partition coefficient (Wildman–Crippen LogP) is 0.144. The maximum atomic E-state index is 10.9. The predicted molar refractivity (Wildman–Crippen MR) is 44.2 cm³/mol. The van der Waals surface area contributed by atoms with E-state index in [1.165, 1.54) is 13.0 Å². The van der Waals surface area contributed by atoms with Crippen LogP contribution in [0, 0.1) is 0 Å². The summed E-state index contributed by atoms with van der Waals surface area (Å²) in [4.78, 5) is 23.9. The molecule has 0 saturated heterocycles. The minimum Gasteiger partial charge on any atom is -0.503 e. The molecule has 5 heteroatoms. The summed E-state index contributed by atoms with van der Waals surface area (Å²) in [5.41, 5.74) is -0.0566. The van der Waals surface area contributed by atoms with Gasteiger partial charge in [0.15, 0.2) is 5.75 Å². The van der Waals surface area contributed by atoms with Crippen molar-refractivity contribution in [1.82, 2.24) is 4.98 Å². The molecule has 0 fully saturated rings. The number of aromatic hydroxyl groups is 1. The highest BCUT2D eigenvalue weighted by atomic mass is 16.5. The number of nitrogens with one attached hydrogen (secondary N) is 1. The van der Waals surface area contributed by atoms with Gasteiger partial charge < -0.3 is 14.8 Å². The first-order chi connectivity index (χ1) is 6.09. The van der Waals surface area contributed by atoms with Crippen LogP contribution >= 0.6 is 0 Å². The summed E-state index contributed by atoms with van der Waals surface area (Å²) in [5, 5.41) is 8.87. The van der Waals surface area contributed by atoms with Crippen LogP contribution in [0.15, 0.2) is 17.1 Å². The summed E-state index contributed by atoms with van der Waals surface area (Å²) in [6.45, 7) is 1.28. The van der Waals surface area contributed by atoms with E-state index in [2.05, 4.69) is 9.72 Å². The van der Waals surface area contributed by atoms with Crippen molar-refractivity contribution in [3.8, 4) is 5.75 Å². The number of aromatic amines is 1. The third-order valence-corrected chi connectivity index (χ3v) is 1.38. The molecule has 2 N–H and O–H groups in total. The lowest BCUT2D eigenvalue weighted by molar-refractivity contribution is -0.142. The molecule has 70 valence electrons. The van der Waals surface area contributed by atoms with E-state index in [0.717, 1.165) is 6.20 Å². The highest BCUT2D eigenvalue weighted by molar-refractivity contribution is 5.65. The Kier molecular flexibility index (Phi) is 2.69. The van der Waals surface area contributed by atoms with Gasteiger partial charge in [-0.15, -0.1) is 0 Å². The molecule has 0 spiro atoms. The highest BCUT2D eigenvalue weighted by Crippen LogP contribution is 1.99. The van der Waals surface area contributed by atoms with Gasteiger partial charge in [-0.25, -0.2) is 0 Å². The molecule has 0 aliphatic rings. The van der Waals surface area contributed by atoms with Gasteiger partial charge in [-0.2, -0.15) is 0 Å². The topological polar surface area (TPSA) is 79.4 Å². The smallest absolute Gasteiger partial charge is 0.303 e. The SMILES string of the molecule is CC(=O)OCc1cc(=O)c(O)c[nH]1. The first kappa shape index (κ1) is 9.31. The van der Waals surface area contributed by atoms with Crippen LogP contribution in [0.25, 0.3) is 0 Å². The molecule has 13 heavy (non-hydrogen) atoms. The van der Waals surface area contributed by atoms with Crippen molar-refractivity contribution < 1.29 is 14.6 Å². The van der Waals surface area contributed by atoms with Gasteiger partial charge in [-0.1, -0.05) is 0 Å². The van der Waals surface area contributed by atoms with Crippen LogP contribution < -0.4 is 5.43 Å². The monoisotopic (exact) mass is 183 g/mol. The molecule has 0 aliphatic heterocycles. The quantitative estimate of drug-likeness (QED) is 0.639. The second kappa shape index (κ2) is 3.75. The number of esters is 1. The number of aromatic nitrogens is 1. The van der Waals surface area contributed by atoms with Gasteiger partial charge in [0.05, 0.1) is 5.69 Å². The van der Waals surface area contributed by atoms with E-state index >= 15 is 0 Å². The first-order valence-corrected chi connectivity index (χ1v) is 3.63. The lowest BCUT2D eigenvalue weighted by Crippen LogP contribution is -2.06.